The number of halogens is 1. The molecular weight excluding hydrogens is 449 g/mol. The highest BCUT2D eigenvalue weighted by molar-refractivity contribution is 5.94. The summed E-state index contributed by atoms with van der Waals surface area (Å²) in [6.07, 6.45) is 6.07. The van der Waals surface area contributed by atoms with Crippen molar-refractivity contribution in [1.29, 1.82) is 0 Å². The van der Waals surface area contributed by atoms with Crippen molar-refractivity contribution in [2.45, 2.75) is 31.8 Å². The molecule has 1 aliphatic carbocycles. The van der Waals surface area contributed by atoms with Crippen LogP contribution in [0.3, 0.4) is 0 Å². The van der Waals surface area contributed by atoms with Gasteiger partial charge in [-0.2, -0.15) is 0 Å². The maximum absolute atomic E-state index is 15.1. The third kappa shape index (κ3) is 4.09. The second-order valence-corrected chi connectivity index (χ2v) is 8.90. The predicted octanol–water partition coefficient (Wildman–Crippen LogP) is 5.33. The van der Waals surface area contributed by atoms with Crippen LogP contribution in [0.25, 0.3) is 44.5 Å². The van der Waals surface area contributed by atoms with Crippen LogP contribution in [0, 0.1) is 11.7 Å². The SMILES string of the molecule is O=C(O)C1CCC(Oc2ccc(-c3ccc(-c4nc5cc6c[nH][nH]c6cc5n4)c(F)c3)cn2)CC1. The van der Waals surface area contributed by atoms with E-state index in [1.54, 1.807) is 18.3 Å². The Morgan fingerprint density at radius 1 is 1.00 bits per heavy atom. The summed E-state index contributed by atoms with van der Waals surface area (Å²) in [6, 6.07) is 12.4. The second-order valence-electron chi connectivity index (χ2n) is 8.90. The Bertz CT molecular complexity index is 1490. The molecule has 6 rings (SSSR count). The number of imidazole rings is 1. The minimum absolute atomic E-state index is 0.0353. The summed E-state index contributed by atoms with van der Waals surface area (Å²) in [4.78, 5) is 24.5. The van der Waals surface area contributed by atoms with Gasteiger partial charge in [-0.05, 0) is 61.6 Å². The van der Waals surface area contributed by atoms with E-state index in [0.717, 1.165) is 16.5 Å². The normalized spacial score (nSPS) is 18.2. The topological polar surface area (TPSA) is 117 Å². The van der Waals surface area contributed by atoms with Crippen LogP contribution in [0.4, 0.5) is 4.39 Å². The highest BCUT2D eigenvalue weighted by Gasteiger charge is 2.27. The van der Waals surface area contributed by atoms with Crippen LogP contribution in [0.2, 0.25) is 0 Å². The number of H-pyrrole nitrogens is 2. The minimum Gasteiger partial charge on any atom is -0.481 e. The lowest BCUT2D eigenvalue weighted by molar-refractivity contribution is -0.143. The first kappa shape index (κ1) is 21.3. The van der Waals surface area contributed by atoms with Crippen LogP contribution >= 0.6 is 0 Å². The molecule has 9 heteroatoms. The maximum Gasteiger partial charge on any atom is 0.306 e. The van der Waals surface area contributed by atoms with Gasteiger partial charge in [-0.3, -0.25) is 4.79 Å². The molecule has 0 amide bonds. The Kier molecular flexibility index (Phi) is 5.17. The van der Waals surface area contributed by atoms with E-state index in [1.165, 1.54) is 6.07 Å². The smallest absolute Gasteiger partial charge is 0.306 e. The van der Waals surface area contributed by atoms with Crippen molar-refractivity contribution in [3.8, 4) is 28.4 Å². The molecule has 8 nitrogen and oxygen atoms in total. The number of benzene rings is 2. The summed E-state index contributed by atoms with van der Waals surface area (Å²) in [5, 5.41) is 16.1. The molecule has 2 aromatic carbocycles. The molecule has 3 heterocycles. The van der Waals surface area contributed by atoms with Gasteiger partial charge in [0.25, 0.3) is 0 Å². The molecule has 0 aliphatic heterocycles. The number of hydrogen-bond acceptors (Lipinski definition) is 5. The number of hydrogen-bond donors (Lipinski definition) is 3. The molecule has 0 spiro atoms. The summed E-state index contributed by atoms with van der Waals surface area (Å²) in [7, 11) is 0. The van der Waals surface area contributed by atoms with Gasteiger partial charge in [-0.15, -0.1) is 0 Å². The van der Waals surface area contributed by atoms with E-state index in [1.807, 2.05) is 30.5 Å². The van der Waals surface area contributed by atoms with Crippen molar-refractivity contribution in [2.24, 2.45) is 5.92 Å². The number of fused-ring (bicyclic) bond motifs is 2. The fraction of sp³-hybridized carbons (Fsp3) is 0.231. The summed E-state index contributed by atoms with van der Waals surface area (Å²) in [5.74, 6) is -0.601. The summed E-state index contributed by atoms with van der Waals surface area (Å²) in [5.41, 5.74) is 4.10. The van der Waals surface area contributed by atoms with Crippen LogP contribution < -0.4 is 4.74 Å². The number of ether oxygens (including phenoxy) is 1. The lowest BCUT2D eigenvalue weighted by Gasteiger charge is -2.26. The van der Waals surface area contributed by atoms with Crippen molar-refractivity contribution in [2.75, 3.05) is 0 Å². The van der Waals surface area contributed by atoms with E-state index in [4.69, 9.17) is 9.84 Å². The molecule has 35 heavy (non-hydrogen) atoms. The molecule has 0 atom stereocenters. The lowest BCUT2D eigenvalue weighted by Crippen LogP contribution is -2.28. The second kappa shape index (κ2) is 8.50. The van der Waals surface area contributed by atoms with Crippen molar-refractivity contribution in [3.05, 3.63) is 60.7 Å². The molecule has 1 saturated carbocycles. The van der Waals surface area contributed by atoms with Crippen LogP contribution in [-0.2, 0) is 4.79 Å². The average molecular weight is 471 g/mol. The molecule has 0 radical (unpaired) electrons. The highest BCUT2D eigenvalue weighted by atomic mass is 19.1. The van der Waals surface area contributed by atoms with Crippen LogP contribution in [0.5, 0.6) is 5.88 Å². The van der Waals surface area contributed by atoms with Gasteiger partial charge in [0.15, 0.2) is 5.82 Å². The number of carboxylic acids is 1. The largest absolute Gasteiger partial charge is 0.481 e. The molecule has 0 unspecified atom stereocenters. The van der Waals surface area contributed by atoms with Gasteiger partial charge >= 0.3 is 5.97 Å². The zero-order valence-electron chi connectivity index (χ0n) is 18.7. The first-order valence-electron chi connectivity index (χ1n) is 11.5. The first-order chi connectivity index (χ1) is 17.0. The van der Waals surface area contributed by atoms with E-state index >= 15 is 4.39 Å². The Morgan fingerprint density at radius 2 is 1.77 bits per heavy atom. The summed E-state index contributed by atoms with van der Waals surface area (Å²) >= 11 is 0. The fourth-order valence-corrected chi connectivity index (χ4v) is 4.66. The monoisotopic (exact) mass is 471 g/mol. The maximum atomic E-state index is 15.1. The van der Waals surface area contributed by atoms with Gasteiger partial charge in [0, 0.05) is 29.4 Å². The number of rotatable bonds is 5. The van der Waals surface area contributed by atoms with Crippen molar-refractivity contribution >= 4 is 27.9 Å². The molecule has 3 aromatic heterocycles. The quantitative estimate of drug-likeness (QED) is 0.319. The Balaban J connectivity index is 1.18. The third-order valence-corrected chi connectivity index (χ3v) is 6.62. The minimum atomic E-state index is -0.737. The molecule has 176 valence electrons. The Morgan fingerprint density at radius 3 is 2.49 bits per heavy atom. The number of aromatic amines is 2. The average Bonchev–Trinajstić information content (AvgIpc) is 3.49. The molecule has 0 saturated heterocycles. The van der Waals surface area contributed by atoms with Crippen molar-refractivity contribution in [1.82, 2.24) is 25.1 Å². The molecule has 1 fully saturated rings. The van der Waals surface area contributed by atoms with E-state index in [9.17, 15) is 4.79 Å². The predicted molar refractivity (Wildman–Crippen MR) is 128 cm³/mol. The third-order valence-electron chi connectivity index (χ3n) is 6.62. The molecule has 1 aliphatic rings. The first-order valence-corrected chi connectivity index (χ1v) is 11.5. The molecule has 3 N–H and O–H groups in total. The number of nitrogens with zero attached hydrogens (tertiary/aromatic N) is 3. The van der Waals surface area contributed by atoms with Crippen LogP contribution in [-0.4, -0.2) is 42.3 Å². The fourth-order valence-electron chi connectivity index (χ4n) is 4.66. The van der Waals surface area contributed by atoms with Crippen LogP contribution in [0.1, 0.15) is 25.7 Å². The van der Waals surface area contributed by atoms with Crippen LogP contribution in [0.15, 0.2) is 54.9 Å². The van der Waals surface area contributed by atoms with Crippen molar-refractivity contribution < 1.29 is 19.0 Å². The van der Waals surface area contributed by atoms with E-state index < -0.39 is 11.8 Å². The Labute approximate surface area is 199 Å². The number of aliphatic carboxylic acids is 1. The van der Waals surface area contributed by atoms with Gasteiger partial charge in [0.2, 0.25) is 5.88 Å². The molecular formula is C26H22FN5O3. The zero-order chi connectivity index (χ0) is 23.9. The van der Waals surface area contributed by atoms with Gasteiger partial charge < -0.3 is 20.0 Å². The zero-order valence-corrected chi connectivity index (χ0v) is 18.7. The standard InChI is InChI=1S/C26H22FN5O3/c27-20-9-15(16-4-8-24(28-12-16)35-18-5-1-14(2-6-18)26(33)34)3-7-19(20)25-30-22-10-17-13-29-32-21(17)11-23(22)31-25/h3-4,7-14,18,29,32H,1-2,5-6H2,(H,33,34). The molecule has 0 bridgehead atoms. The van der Waals surface area contributed by atoms with E-state index in [0.29, 0.717) is 59.5 Å². The molecule has 5 aromatic rings. The number of nitrogens with one attached hydrogen (secondary N) is 2. The summed E-state index contributed by atoms with van der Waals surface area (Å²) in [6.45, 7) is 0. The van der Waals surface area contributed by atoms with Gasteiger partial charge in [-0.25, -0.2) is 19.3 Å². The number of aromatic nitrogens is 5. The number of pyridine rings is 1. The van der Waals surface area contributed by atoms with Crippen molar-refractivity contribution in [3.63, 3.8) is 0 Å². The van der Waals surface area contributed by atoms with E-state index in [2.05, 4.69) is 25.1 Å². The van der Waals surface area contributed by atoms with Gasteiger partial charge in [-0.1, -0.05) is 6.07 Å². The lowest BCUT2D eigenvalue weighted by atomic mass is 9.87. The van der Waals surface area contributed by atoms with Gasteiger partial charge in [0.05, 0.1) is 28.0 Å². The number of carbonyl (C=O) groups is 1. The Hall–Kier alpha value is -4.27. The number of carboxylic acid groups (broad SMARTS) is 1. The van der Waals surface area contributed by atoms with Gasteiger partial charge in [0.1, 0.15) is 11.9 Å². The highest BCUT2D eigenvalue weighted by Crippen LogP contribution is 2.31. The summed E-state index contributed by atoms with van der Waals surface area (Å²) < 4.78 is 21.0. The van der Waals surface area contributed by atoms with E-state index in [-0.39, 0.29) is 12.0 Å².